The van der Waals surface area contributed by atoms with E-state index in [1.807, 2.05) is 50.4 Å². The molecule has 0 saturated carbocycles. The highest BCUT2D eigenvalue weighted by atomic mass is 16.1. The maximum Gasteiger partial charge on any atom is 0.352 e. The third kappa shape index (κ3) is 3.05. The minimum Gasteiger partial charge on any atom is -0.267 e. The molecule has 2 rings (SSSR count). The van der Waals surface area contributed by atoms with Crippen LogP contribution in [0, 0.1) is 0 Å². The Morgan fingerprint density at radius 3 is 2.40 bits per heavy atom. The summed E-state index contributed by atoms with van der Waals surface area (Å²) in [4.78, 5) is 16.5. The number of hydrogen-bond donors (Lipinski definition) is 0. The molecule has 0 bridgehead atoms. The first-order chi connectivity index (χ1) is 9.49. The summed E-state index contributed by atoms with van der Waals surface area (Å²) < 4.78 is 1.60. The summed E-state index contributed by atoms with van der Waals surface area (Å²) in [7, 11) is 0. The summed E-state index contributed by atoms with van der Waals surface area (Å²) in [6.45, 7) is 8.19. The van der Waals surface area contributed by atoms with Gasteiger partial charge < -0.3 is 0 Å². The van der Waals surface area contributed by atoms with Crippen molar-refractivity contribution < 1.29 is 0 Å². The Hall–Kier alpha value is -2.16. The lowest BCUT2D eigenvalue weighted by Crippen LogP contribution is -2.23. The molecule has 0 spiro atoms. The Bertz CT molecular complexity index is 678. The van der Waals surface area contributed by atoms with Gasteiger partial charge in [-0.2, -0.15) is 4.98 Å². The quantitative estimate of drug-likeness (QED) is 0.849. The predicted molar refractivity (Wildman–Crippen MR) is 83.2 cm³/mol. The number of hydrogen-bond acceptors (Lipinski definition) is 2. The molecule has 0 amide bonds. The Labute approximate surface area is 119 Å². The molecule has 0 aliphatic rings. The fourth-order valence-corrected chi connectivity index (χ4v) is 2.14. The van der Waals surface area contributed by atoms with Crippen molar-refractivity contribution in [1.29, 1.82) is 0 Å². The van der Waals surface area contributed by atoms with Crippen LogP contribution in [0.1, 0.15) is 44.9 Å². The average molecular weight is 268 g/mol. The molecule has 1 heterocycles. The van der Waals surface area contributed by atoms with Crippen LogP contribution in [0.25, 0.3) is 11.8 Å². The number of para-hydroxylation sites is 1. The van der Waals surface area contributed by atoms with E-state index in [2.05, 4.69) is 24.9 Å². The molecule has 0 fully saturated rings. The van der Waals surface area contributed by atoms with Crippen LogP contribution in [0.5, 0.6) is 0 Å². The van der Waals surface area contributed by atoms with Gasteiger partial charge in [-0.05, 0) is 31.9 Å². The van der Waals surface area contributed by atoms with Crippen molar-refractivity contribution in [3.63, 3.8) is 0 Å². The van der Waals surface area contributed by atoms with E-state index in [1.54, 1.807) is 4.57 Å². The van der Waals surface area contributed by atoms with Crippen LogP contribution in [-0.2, 0) is 0 Å². The molecule has 20 heavy (non-hydrogen) atoms. The molecule has 0 N–H and O–H groups in total. The smallest absolute Gasteiger partial charge is 0.267 e. The summed E-state index contributed by atoms with van der Waals surface area (Å²) in [5.74, 6) is 0.221. The molecule has 1 aromatic heterocycles. The monoisotopic (exact) mass is 268 g/mol. The third-order valence-corrected chi connectivity index (χ3v) is 3.01. The molecule has 0 aliphatic heterocycles. The van der Waals surface area contributed by atoms with E-state index in [4.69, 9.17) is 0 Å². The Kier molecular flexibility index (Phi) is 4.18. The fraction of sp³-hybridized carbons (Fsp3) is 0.294. The first kappa shape index (κ1) is 14.3. The second kappa shape index (κ2) is 5.87. The van der Waals surface area contributed by atoms with Gasteiger partial charge in [0.25, 0.3) is 0 Å². The van der Waals surface area contributed by atoms with E-state index in [-0.39, 0.29) is 11.6 Å². The van der Waals surface area contributed by atoms with Crippen molar-refractivity contribution in [3.05, 3.63) is 63.8 Å². The number of rotatable bonds is 3. The molecule has 2 aromatic rings. The topological polar surface area (TPSA) is 34.9 Å². The molecule has 0 atom stereocenters. The van der Waals surface area contributed by atoms with Crippen molar-refractivity contribution in [1.82, 2.24) is 9.55 Å². The molecular formula is C17H20N2O. The van der Waals surface area contributed by atoms with E-state index in [0.717, 1.165) is 16.9 Å². The highest BCUT2D eigenvalue weighted by Gasteiger charge is 2.11. The van der Waals surface area contributed by atoms with Gasteiger partial charge in [0.15, 0.2) is 0 Å². The van der Waals surface area contributed by atoms with Crippen LogP contribution in [-0.4, -0.2) is 9.55 Å². The Morgan fingerprint density at radius 1 is 1.20 bits per heavy atom. The molecule has 0 unspecified atom stereocenters. The minimum absolute atomic E-state index is 0.221. The number of allylic oxidation sites excluding steroid dienone is 1. The van der Waals surface area contributed by atoms with Gasteiger partial charge in [-0.15, -0.1) is 0 Å². The maximum absolute atomic E-state index is 12.2. The molecular weight excluding hydrogens is 248 g/mol. The number of nitrogens with zero attached hydrogens (tertiary/aromatic N) is 2. The molecule has 0 radical (unpaired) electrons. The lowest BCUT2D eigenvalue weighted by Gasteiger charge is -2.12. The summed E-state index contributed by atoms with van der Waals surface area (Å²) in [6.07, 6.45) is 3.95. The van der Waals surface area contributed by atoms with Gasteiger partial charge in [0, 0.05) is 11.8 Å². The minimum atomic E-state index is -0.231. The van der Waals surface area contributed by atoms with Crippen LogP contribution < -0.4 is 5.69 Å². The first-order valence-electron chi connectivity index (χ1n) is 6.83. The van der Waals surface area contributed by atoms with Crippen molar-refractivity contribution in [2.45, 2.75) is 33.6 Å². The van der Waals surface area contributed by atoms with Crippen molar-refractivity contribution in [3.8, 4) is 5.69 Å². The van der Waals surface area contributed by atoms with E-state index in [0.29, 0.717) is 0 Å². The third-order valence-electron chi connectivity index (χ3n) is 3.01. The van der Waals surface area contributed by atoms with Gasteiger partial charge >= 0.3 is 5.69 Å². The number of aromatic nitrogens is 2. The zero-order valence-electron chi connectivity index (χ0n) is 12.4. The molecule has 3 heteroatoms. The Balaban J connectivity index is 2.67. The van der Waals surface area contributed by atoms with Crippen molar-refractivity contribution >= 4 is 6.08 Å². The normalized spacial score (nSPS) is 10.7. The second-order valence-electron chi connectivity index (χ2n) is 5.45. The predicted octanol–water partition coefficient (Wildman–Crippen LogP) is 3.78. The van der Waals surface area contributed by atoms with Gasteiger partial charge in [-0.1, -0.05) is 43.7 Å². The van der Waals surface area contributed by atoms with Gasteiger partial charge in [0.1, 0.15) is 0 Å². The number of benzene rings is 1. The van der Waals surface area contributed by atoms with E-state index < -0.39 is 0 Å². The van der Waals surface area contributed by atoms with Gasteiger partial charge in [0.2, 0.25) is 0 Å². The lowest BCUT2D eigenvalue weighted by atomic mass is 10.0. The van der Waals surface area contributed by atoms with Crippen LogP contribution in [0.15, 0.2) is 46.9 Å². The summed E-state index contributed by atoms with van der Waals surface area (Å²) in [5, 5.41) is 0. The second-order valence-corrected chi connectivity index (χ2v) is 5.45. The summed E-state index contributed by atoms with van der Waals surface area (Å²) in [6, 6.07) is 9.58. The maximum atomic E-state index is 12.2. The molecule has 104 valence electrons. The van der Waals surface area contributed by atoms with E-state index in [1.165, 1.54) is 5.57 Å². The van der Waals surface area contributed by atoms with Crippen LogP contribution >= 0.6 is 0 Å². The zero-order valence-corrected chi connectivity index (χ0v) is 12.4. The molecule has 0 aliphatic carbocycles. The molecule has 0 saturated heterocycles. The largest absolute Gasteiger partial charge is 0.352 e. The van der Waals surface area contributed by atoms with Gasteiger partial charge in [-0.3, -0.25) is 4.57 Å². The molecule has 1 aromatic carbocycles. The van der Waals surface area contributed by atoms with Gasteiger partial charge in [0.05, 0.1) is 11.4 Å². The van der Waals surface area contributed by atoms with E-state index in [9.17, 15) is 4.79 Å². The zero-order chi connectivity index (χ0) is 14.7. The summed E-state index contributed by atoms with van der Waals surface area (Å²) >= 11 is 0. The average Bonchev–Trinajstić information content (AvgIpc) is 2.40. The first-order valence-corrected chi connectivity index (χ1v) is 6.83. The highest BCUT2D eigenvalue weighted by Crippen LogP contribution is 2.19. The Morgan fingerprint density at radius 2 is 1.85 bits per heavy atom. The van der Waals surface area contributed by atoms with Crippen molar-refractivity contribution in [2.75, 3.05) is 0 Å². The fourth-order valence-electron chi connectivity index (χ4n) is 2.14. The van der Waals surface area contributed by atoms with E-state index >= 15 is 0 Å². The van der Waals surface area contributed by atoms with Crippen LogP contribution in [0.2, 0.25) is 0 Å². The summed E-state index contributed by atoms with van der Waals surface area (Å²) in [5.41, 5.74) is 3.65. The van der Waals surface area contributed by atoms with Crippen LogP contribution in [0.3, 0.4) is 0 Å². The van der Waals surface area contributed by atoms with Crippen LogP contribution in [0.4, 0.5) is 0 Å². The van der Waals surface area contributed by atoms with Crippen molar-refractivity contribution in [2.24, 2.45) is 0 Å². The standard InChI is InChI=1S/C17H20N2O/c1-12(2)10-14-11-19(15-8-6-5-7-9-15)17(20)18-16(14)13(3)4/h5-11,13H,1-4H3. The SMILES string of the molecule is CC(C)=Cc1cn(-c2ccccc2)c(=O)nc1C(C)C. The lowest BCUT2D eigenvalue weighted by molar-refractivity contribution is 0.774. The molecule has 3 nitrogen and oxygen atoms in total. The van der Waals surface area contributed by atoms with Gasteiger partial charge in [-0.25, -0.2) is 4.79 Å². The highest BCUT2D eigenvalue weighted by molar-refractivity contribution is 5.54.